The Labute approximate surface area is 259 Å². The fourth-order valence-electron chi connectivity index (χ4n) is 6.41. The third-order valence-electron chi connectivity index (χ3n) is 8.94. The van der Waals surface area contributed by atoms with Crippen LogP contribution in [0.3, 0.4) is 0 Å². The molecule has 3 aliphatic rings. The lowest BCUT2D eigenvalue weighted by Crippen LogP contribution is -2.59. The smallest absolute Gasteiger partial charge is 0.245 e. The summed E-state index contributed by atoms with van der Waals surface area (Å²) in [5, 5.41) is 9.14. The molecule has 3 heterocycles. The molecular weight excluding hydrogens is 562 g/mol. The number of allylic oxidation sites excluding steroid dienone is 2. The van der Waals surface area contributed by atoms with Gasteiger partial charge in [-0.05, 0) is 50.5 Å². The minimum Gasteiger partial charge on any atom is -0.381 e. The Morgan fingerprint density at radius 3 is 2.59 bits per heavy atom. The molecule has 0 unspecified atom stereocenters. The minimum atomic E-state index is -0.734. The van der Waals surface area contributed by atoms with E-state index in [1.165, 1.54) is 6.92 Å². The molecule has 0 saturated carbocycles. The molecule has 3 aliphatic heterocycles. The molecule has 1 aromatic rings. The maximum atomic E-state index is 13.8. The number of carbonyl (C=O) groups excluding carboxylic acids is 4. The summed E-state index contributed by atoms with van der Waals surface area (Å²) < 4.78 is 5.59. The largest absolute Gasteiger partial charge is 0.381 e. The number of benzene rings is 1. The Morgan fingerprint density at radius 1 is 1.14 bits per heavy atom. The molecule has 0 radical (unpaired) electrons. The number of hydrogen-bond acceptors (Lipinski definition) is 6. The average molecular weight is 610 g/mol. The van der Waals surface area contributed by atoms with Gasteiger partial charge < -0.3 is 37.1 Å². The molecular formula is C32H47N7O5. The van der Waals surface area contributed by atoms with Gasteiger partial charge in [0.25, 0.3) is 0 Å². The zero-order valence-corrected chi connectivity index (χ0v) is 25.6. The molecule has 0 aromatic heterocycles. The first-order valence-corrected chi connectivity index (χ1v) is 15.7. The van der Waals surface area contributed by atoms with E-state index in [1.54, 1.807) is 4.90 Å². The monoisotopic (exact) mass is 609 g/mol. The summed E-state index contributed by atoms with van der Waals surface area (Å²) >= 11 is 0. The first kappa shape index (κ1) is 33.0. The van der Waals surface area contributed by atoms with Crippen LogP contribution in [0, 0.1) is 11.3 Å². The lowest BCUT2D eigenvalue weighted by atomic mass is 9.75. The fourth-order valence-corrected chi connectivity index (χ4v) is 6.41. The van der Waals surface area contributed by atoms with Gasteiger partial charge in [0.15, 0.2) is 5.96 Å². The number of guanidine groups is 1. The molecule has 0 bridgehead atoms. The van der Waals surface area contributed by atoms with Crippen molar-refractivity contribution in [3.05, 3.63) is 48.0 Å². The van der Waals surface area contributed by atoms with Crippen LogP contribution in [0.2, 0.25) is 0 Å². The highest BCUT2D eigenvalue weighted by Crippen LogP contribution is 2.36. The summed E-state index contributed by atoms with van der Waals surface area (Å²) in [6.45, 7) is 3.63. The molecule has 12 heteroatoms. The van der Waals surface area contributed by atoms with Crippen LogP contribution < -0.4 is 27.4 Å². The van der Waals surface area contributed by atoms with Crippen LogP contribution in [-0.2, 0) is 30.3 Å². The minimum absolute atomic E-state index is 0.0135. The van der Waals surface area contributed by atoms with Gasteiger partial charge in [-0.3, -0.25) is 24.2 Å². The van der Waals surface area contributed by atoms with Gasteiger partial charge in [0.05, 0.1) is 5.41 Å². The lowest BCUT2D eigenvalue weighted by Gasteiger charge is -2.41. The number of aliphatic imine (C=N–C) groups is 1. The van der Waals surface area contributed by atoms with Gasteiger partial charge in [0.1, 0.15) is 12.1 Å². The maximum absolute atomic E-state index is 13.8. The van der Waals surface area contributed by atoms with Crippen molar-refractivity contribution < 1.29 is 23.9 Å². The van der Waals surface area contributed by atoms with Gasteiger partial charge in [-0.1, -0.05) is 42.5 Å². The molecule has 4 rings (SSSR count). The van der Waals surface area contributed by atoms with E-state index in [0.29, 0.717) is 84.2 Å². The van der Waals surface area contributed by atoms with E-state index in [2.05, 4.69) is 33.1 Å². The SMILES string of the molecule is CC(=O)N[C@@H](CCCN=C(N)N)C(=O)N1CC[C@H]2NC(=O)[C@H](Cc3ccccc3)NC(=O)C3(C/C=C/C[C@H]2C1)CCOCC3. The Kier molecular flexibility index (Phi) is 11.8. The number of rotatable bonds is 8. The molecule has 12 nitrogen and oxygen atoms in total. The molecule has 1 aromatic carbocycles. The van der Waals surface area contributed by atoms with Crippen LogP contribution >= 0.6 is 0 Å². The third kappa shape index (κ3) is 9.04. The summed E-state index contributed by atoms with van der Waals surface area (Å²) in [7, 11) is 0. The van der Waals surface area contributed by atoms with Gasteiger partial charge in [-0.2, -0.15) is 0 Å². The van der Waals surface area contributed by atoms with Crippen LogP contribution in [0.25, 0.3) is 0 Å². The number of carbonyl (C=O) groups is 4. The fraction of sp³-hybridized carbons (Fsp3) is 0.594. The molecule has 0 aliphatic carbocycles. The number of amides is 4. The summed E-state index contributed by atoms with van der Waals surface area (Å²) in [5.41, 5.74) is 11.2. The van der Waals surface area contributed by atoms with Crippen LogP contribution in [0.5, 0.6) is 0 Å². The van der Waals surface area contributed by atoms with E-state index >= 15 is 0 Å². The van der Waals surface area contributed by atoms with Crippen molar-refractivity contribution in [2.24, 2.45) is 27.8 Å². The van der Waals surface area contributed by atoms with Crippen molar-refractivity contribution >= 4 is 29.6 Å². The van der Waals surface area contributed by atoms with Gasteiger partial charge in [0, 0.05) is 58.2 Å². The number of nitrogens with one attached hydrogen (secondary N) is 3. The first-order chi connectivity index (χ1) is 21.2. The highest BCUT2D eigenvalue weighted by atomic mass is 16.5. The number of likely N-dealkylation sites (tertiary alicyclic amines) is 1. The maximum Gasteiger partial charge on any atom is 0.245 e. The molecule has 44 heavy (non-hydrogen) atoms. The van der Waals surface area contributed by atoms with Gasteiger partial charge >= 0.3 is 0 Å². The van der Waals surface area contributed by atoms with E-state index in [-0.39, 0.29) is 41.5 Å². The second kappa shape index (κ2) is 15.7. The van der Waals surface area contributed by atoms with Crippen molar-refractivity contribution in [3.8, 4) is 0 Å². The van der Waals surface area contributed by atoms with Crippen molar-refractivity contribution in [3.63, 3.8) is 0 Å². The van der Waals surface area contributed by atoms with Crippen molar-refractivity contribution in [2.75, 3.05) is 32.8 Å². The zero-order chi connectivity index (χ0) is 31.5. The number of ether oxygens (including phenoxy) is 1. The highest BCUT2D eigenvalue weighted by Gasteiger charge is 2.42. The normalized spacial score (nSPS) is 25.2. The Bertz CT molecular complexity index is 1210. The zero-order valence-electron chi connectivity index (χ0n) is 25.6. The number of nitrogens with two attached hydrogens (primary N) is 2. The summed E-state index contributed by atoms with van der Waals surface area (Å²) in [6, 6.07) is 8.09. The Balaban J connectivity index is 1.53. The molecule has 2 saturated heterocycles. The molecule has 4 atom stereocenters. The van der Waals surface area contributed by atoms with E-state index in [1.807, 2.05) is 30.3 Å². The van der Waals surface area contributed by atoms with Crippen LogP contribution in [-0.4, -0.2) is 85.5 Å². The Hall–Kier alpha value is -3.93. The van der Waals surface area contributed by atoms with Gasteiger partial charge in [0.2, 0.25) is 23.6 Å². The summed E-state index contributed by atoms with van der Waals surface area (Å²) in [6.07, 6.45) is 8.40. The number of fused-ring (bicyclic) bond motifs is 1. The van der Waals surface area contributed by atoms with E-state index in [4.69, 9.17) is 16.2 Å². The van der Waals surface area contributed by atoms with Crippen LogP contribution in [0.4, 0.5) is 0 Å². The van der Waals surface area contributed by atoms with Crippen molar-refractivity contribution in [1.29, 1.82) is 0 Å². The van der Waals surface area contributed by atoms with Crippen LogP contribution in [0.15, 0.2) is 47.5 Å². The first-order valence-electron chi connectivity index (χ1n) is 15.7. The van der Waals surface area contributed by atoms with E-state index in [9.17, 15) is 19.2 Å². The topological polar surface area (TPSA) is 181 Å². The molecule has 2 fully saturated rings. The van der Waals surface area contributed by atoms with E-state index in [0.717, 1.165) is 5.56 Å². The highest BCUT2D eigenvalue weighted by molar-refractivity contribution is 5.91. The summed E-state index contributed by atoms with van der Waals surface area (Å²) in [5.74, 6) is -0.816. The molecule has 1 spiro atoms. The molecule has 7 N–H and O–H groups in total. The van der Waals surface area contributed by atoms with Crippen LogP contribution in [0.1, 0.15) is 57.4 Å². The van der Waals surface area contributed by atoms with Crippen molar-refractivity contribution in [1.82, 2.24) is 20.9 Å². The predicted molar refractivity (Wildman–Crippen MR) is 167 cm³/mol. The number of nitrogens with zero attached hydrogens (tertiary/aromatic N) is 2. The standard InChI is InChI=1S/C32H47N7O5/c1-22(40)36-26(11-7-16-35-31(33)34)29(42)39-17-12-25-24(21-39)10-5-6-13-32(14-18-44-19-15-32)30(43)38-27(28(41)37-25)20-23-8-3-2-4-9-23/h2-6,8-9,24-27H,7,10-21H2,1H3,(H,36,40)(H,37,41)(H,38,43)(H4,33,34,35)/b6-5+/t24-,25+,26-,27-/m0/s1. The van der Waals surface area contributed by atoms with Gasteiger partial charge in [-0.25, -0.2) is 0 Å². The predicted octanol–water partition coefficient (Wildman–Crippen LogP) is 0.752. The second-order valence-electron chi connectivity index (χ2n) is 12.2. The number of piperidine rings is 1. The molecule has 240 valence electrons. The second-order valence-corrected chi connectivity index (χ2v) is 12.2. The average Bonchev–Trinajstić information content (AvgIpc) is 3.01. The van der Waals surface area contributed by atoms with Gasteiger partial charge in [-0.15, -0.1) is 0 Å². The quantitative estimate of drug-likeness (QED) is 0.125. The lowest BCUT2D eigenvalue weighted by molar-refractivity contribution is -0.141. The molecule has 4 amide bonds. The van der Waals surface area contributed by atoms with E-state index < -0.39 is 17.5 Å². The third-order valence-corrected chi connectivity index (χ3v) is 8.94. The number of hydrogen-bond donors (Lipinski definition) is 5. The Morgan fingerprint density at radius 2 is 1.89 bits per heavy atom. The summed E-state index contributed by atoms with van der Waals surface area (Å²) in [4.78, 5) is 58.9. The van der Waals surface area contributed by atoms with Crippen molar-refractivity contribution in [2.45, 2.75) is 76.4 Å².